The SMILES string of the molecule is Cn1cc(CCNC(=O)c2cc(N)c(F)cc2Br)cn1. The molecule has 7 heteroatoms. The number of carbonyl (C=O) groups excluding carboxylic acids is 1. The van der Waals surface area contributed by atoms with E-state index < -0.39 is 5.82 Å². The van der Waals surface area contributed by atoms with Crippen LogP contribution in [0.5, 0.6) is 0 Å². The highest BCUT2D eigenvalue weighted by Crippen LogP contribution is 2.22. The van der Waals surface area contributed by atoms with Crippen LogP contribution in [0.3, 0.4) is 0 Å². The quantitative estimate of drug-likeness (QED) is 0.834. The van der Waals surface area contributed by atoms with Crippen LogP contribution in [-0.2, 0) is 13.5 Å². The van der Waals surface area contributed by atoms with Crippen molar-refractivity contribution in [1.29, 1.82) is 0 Å². The van der Waals surface area contributed by atoms with Crippen molar-refractivity contribution in [1.82, 2.24) is 15.1 Å². The van der Waals surface area contributed by atoms with Gasteiger partial charge in [-0.3, -0.25) is 9.48 Å². The van der Waals surface area contributed by atoms with Crippen LogP contribution in [-0.4, -0.2) is 22.2 Å². The molecule has 0 unspecified atom stereocenters. The molecule has 1 aromatic carbocycles. The van der Waals surface area contributed by atoms with E-state index in [0.717, 1.165) is 5.56 Å². The molecule has 0 radical (unpaired) electrons. The number of nitrogen functional groups attached to an aromatic ring is 1. The Morgan fingerprint density at radius 3 is 2.95 bits per heavy atom. The second kappa shape index (κ2) is 6.04. The number of hydrogen-bond acceptors (Lipinski definition) is 3. The van der Waals surface area contributed by atoms with E-state index in [0.29, 0.717) is 23.0 Å². The lowest BCUT2D eigenvalue weighted by atomic mass is 10.1. The van der Waals surface area contributed by atoms with Gasteiger partial charge < -0.3 is 11.1 Å². The molecule has 0 spiro atoms. The molecule has 0 aliphatic heterocycles. The molecule has 2 aromatic rings. The smallest absolute Gasteiger partial charge is 0.252 e. The number of nitrogens with zero attached hydrogens (tertiary/aromatic N) is 2. The van der Waals surface area contributed by atoms with E-state index in [4.69, 9.17) is 5.73 Å². The van der Waals surface area contributed by atoms with Gasteiger partial charge in [0.05, 0.1) is 17.4 Å². The monoisotopic (exact) mass is 340 g/mol. The molecular formula is C13H14BrFN4O. The van der Waals surface area contributed by atoms with Gasteiger partial charge in [-0.2, -0.15) is 5.10 Å². The van der Waals surface area contributed by atoms with Gasteiger partial charge >= 0.3 is 0 Å². The van der Waals surface area contributed by atoms with Crippen LogP contribution in [0.15, 0.2) is 29.0 Å². The van der Waals surface area contributed by atoms with Crippen molar-refractivity contribution in [2.24, 2.45) is 7.05 Å². The van der Waals surface area contributed by atoms with E-state index in [9.17, 15) is 9.18 Å². The summed E-state index contributed by atoms with van der Waals surface area (Å²) in [5.41, 5.74) is 6.76. The fourth-order valence-corrected chi connectivity index (χ4v) is 2.25. The number of carbonyl (C=O) groups is 1. The van der Waals surface area contributed by atoms with Crippen molar-refractivity contribution >= 4 is 27.5 Å². The van der Waals surface area contributed by atoms with Gasteiger partial charge in [0, 0.05) is 24.3 Å². The number of anilines is 1. The average molecular weight is 341 g/mol. The largest absolute Gasteiger partial charge is 0.396 e. The first kappa shape index (κ1) is 14.5. The van der Waals surface area contributed by atoms with Crippen molar-refractivity contribution in [3.63, 3.8) is 0 Å². The van der Waals surface area contributed by atoms with Gasteiger partial charge in [-0.05, 0) is 40.0 Å². The number of nitrogens with one attached hydrogen (secondary N) is 1. The average Bonchev–Trinajstić information content (AvgIpc) is 2.79. The van der Waals surface area contributed by atoms with Crippen LogP contribution >= 0.6 is 15.9 Å². The molecule has 106 valence electrons. The summed E-state index contributed by atoms with van der Waals surface area (Å²) >= 11 is 3.15. The molecule has 1 heterocycles. The molecule has 0 saturated heterocycles. The minimum Gasteiger partial charge on any atom is -0.396 e. The normalized spacial score (nSPS) is 10.6. The van der Waals surface area contributed by atoms with Crippen LogP contribution in [0.4, 0.5) is 10.1 Å². The fourth-order valence-electron chi connectivity index (χ4n) is 1.76. The first-order valence-electron chi connectivity index (χ1n) is 5.97. The Morgan fingerprint density at radius 2 is 2.30 bits per heavy atom. The molecule has 5 nitrogen and oxygen atoms in total. The first-order valence-corrected chi connectivity index (χ1v) is 6.77. The van der Waals surface area contributed by atoms with Crippen LogP contribution < -0.4 is 11.1 Å². The third-order valence-electron chi connectivity index (χ3n) is 2.79. The summed E-state index contributed by atoms with van der Waals surface area (Å²) in [5, 5.41) is 6.81. The van der Waals surface area contributed by atoms with Crippen molar-refractivity contribution in [3.05, 3.63) is 45.9 Å². The molecule has 0 saturated carbocycles. The Kier molecular flexibility index (Phi) is 4.39. The number of hydrogen-bond donors (Lipinski definition) is 2. The Labute approximate surface area is 124 Å². The third kappa shape index (κ3) is 3.36. The topological polar surface area (TPSA) is 72.9 Å². The minimum atomic E-state index is -0.552. The Balaban J connectivity index is 1.97. The predicted molar refractivity (Wildman–Crippen MR) is 77.8 cm³/mol. The molecule has 0 aliphatic carbocycles. The highest BCUT2D eigenvalue weighted by molar-refractivity contribution is 9.10. The summed E-state index contributed by atoms with van der Waals surface area (Å²) in [6.07, 6.45) is 4.31. The molecular weight excluding hydrogens is 327 g/mol. The van der Waals surface area contributed by atoms with Crippen molar-refractivity contribution in [3.8, 4) is 0 Å². The number of halogens is 2. The molecule has 2 rings (SSSR count). The summed E-state index contributed by atoms with van der Waals surface area (Å²) in [5.74, 6) is -0.851. The summed E-state index contributed by atoms with van der Waals surface area (Å²) in [7, 11) is 1.83. The van der Waals surface area contributed by atoms with Gasteiger partial charge in [-0.25, -0.2) is 4.39 Å². The van der Waals surface area contributed by atoms with Gasteiger partial charge in [-0.1, -0.05) is 0 Å². The van der Waals surface area contributed by atoms with E-state index in [1.165, 1.54) is 12.1 Å². The van der Waals surface area contributed by atoms with E-state index >= 15 is 0 Å². The first-order chi connectivity index (χ1) is 9.47. The lowest BCUT2D eigenvalue weighted by Gasteiger charge is -2.08. The Bertz CT molecular complexity index is 641. The summed E-state index contributed by atoms with van der Waals surface area (Å²) < 4.78 is 15.3. The van der Waals surface area contributed by atoms with E-state index in [2.05, 4.69) is 26.3 Å². The van der Waals surface area contributed by atoms with Crippen LogP contribution in [0, 0.1) is 5.82 Å². The maximum Gasteiger partial charge on any atom is 0.252 e. The van der Waals surface area contributed by atoms with Crippen LogP contribution in [0.2, 0.25) is 0 Å². The Morgan fingerprint density at radius 1 is 1.55 bits per heavy atom. The molecule has 0 atom stereocenters. The maximum absolute atomic E-state index is 13.2. The summed E-state index contributed by atoms with van der Waals surface area (Å²) in [6.45, 7) is 0.467. The van der Waals surface area contributed by atoms with Crippen LogP contribution in [0.25, 0.3) is 0 Å². The lowest BCUT2D eigenvalue weighted by molar-refractivity contribution is 0.0953. The molecule has 0 aliphatic rings. The fraction of sp³-hybridized carbons (Fsp3) is 0.231. The third-order valence-corrected chi connectivity index (χ3v) is 3.44. The number of nitrogens with two attached hydrogens (primary N) is 1. The van der Waals surface area contributed by atoms with Gasteiger partial charge in [0.15, 0.2) is 0 Å². The number of aryl methyl sites for hydroxylation is 1. The van der Waals surface area contributed by atoms with Crippen molar-refractivity contribution < 1.29 is 9.18 Å². The van der Waals surface area contributed by atoms with Crippen molar-refractivity contribution in [2.45, 2.75) is 6.42 Å². The number of rotatable bonds is 4. The van der Waals surface area contributed by atoms with E-state index in [1.807, 2.05) is 13.2 Å². The van der Waals surface area contributed by atoms with Gasteiger partial charge in [0.1, 0.15) is 5.82 Å². The van der Waals surface area contributed by atoms with Crippen LogP contribution in [0.1, 0.15) is 15.9 Å². The summed E-state index contributed by atoms with van der Waals surface area (Å²) in [4.78, 5) is 12.0. The molecule has 20 heavy (non-hydrogen) atoms. The summed E-state index contributed by atoms with van der Waals surface area (Å²) in [6, 6.07) is 2.50. The second-order valence-electron chi connectivity index (χ2n) is 4.38. The van der Waals surface area contributed by atoms with E-state index in [-0.39, 0.29) is 11.6 Å². The zero-order chi connectivity index (χ0) is 14.7. The van der Waals surface area contributed by atoms with Crippen molar-refractivity contribution in [2.75, 3.05) is 12.3 Å². The van der Waals surface area contributed by atoms with Gasteiger partial charge in [0.25, 0.3) is 5.91 Å². The number of benzene rings is 1. The van der Waals surface area contributed by atoms with Gasteiger partial charge in [0.2, 0.25) is 0 Å². The predicted octanol–water partition coefficient (Wildman–Crippen LogP) is 1.88. The maximum atomic E-state index is 13.2. The van der Waals surface area contributed by atoms with Gasteiger partial charge in [-0.15, -0.1) is 0 Å². The number of amides is 1. The zero-order valence-electron chi connectivity index (χ0n) is 10.9. The molecule has 1 amide bonds. The molecule has 3 N–H and O–H groups in total. The molecule has 1 aromatic heterocycles. The molecule has 0 fully saturated rings. The van der Waals surface area contributed by atoms with E-state index in [1.54, 1.807) is 10.9 Å². The number of aromatic nitrogens is 2. The second-order valence-corrected chi connectivity index (χ2v) is 5.24. The molecule has 0 bridgehead atoms. The lowest BCUT2D eigenvalue weighted by Crippen LogP contribution is -2.26. The minimum absolute atomic E-state index is 0.0504. The standard InChI is InChI=1S/C13H14BrFN4O/c1-19-7-8(6-18-19)2-3-17-13(20)9-4-12(16)11(15)5-10(9)14/h4-7H,2-3,16H2,1H3,(H,17,20). The zero-order valence-corrected chi connectivity index (χ0v) is 12.4. The highest BCUT2D eigenvalue weighted by Gasteiger charge is 2.13. The highest BCUT2D eigenvalue weighted by atomic mass is 79.9. The Hall–Kier alpha value is -1.89.